The van der Waals surface area contributed by atoms with Gasteiger partial charge in [0.1, 0.15) is 0 Å². The second-order valence-electron chi connectivity index (χ2n) is 1.06. The Hall–Kier alpha value is 0.240. The molecule has 1 nitrogen and oxygen atoms in total. The van der Waals surface area contributed by atoms with E-state index >= 15 is 0 Å². The Morgan fingerprint density at radius 2 is 2.43 bits per heavy atom. The van der Waals surface area contributed by atoms with Crippen LogP contribution in [0.4, 0.5) is 0 Å². The molecule has 0 bridgehead atoms. The van der Waals surface area contributed by atoms with E-state index < -0.39 is 0 Å². The second-order valence-corrected chi connectivity index (χ2v) is 2.09. The lowest BCUT2D eigenvalue weighted by molar-refractivity contribution is 0.338. The average molecular weight is 136 g/mol. The van der Waals surface area contributed by atoms with Crippen LogP contribution in [-0.2, 0) is 4.74 Å². The number of hydrogen-bond acceptors (Lipinski definition) is 3. The normalized spacial score (nSPS) is 8.29. The summed E-state index contributed by atoms with van der Waals surface area (Å²) in [6.45, 7) is 2.37. The van der Waals surface area contributed by atoms with Crippen molar-refractivity contribution >= 4 is 29.9 Å². The van der Waals surface area contributed by atoms with Crippen LogP contribution >= 0.6 is 24.8 Å². The highest BCUT2D eigenvalue weighted by Crippen LogP contribution is 1.80. The van der Waals surface area contributed by atoms with Gasteiger partial charge in [0.2, 0.25) is 0 Å². The van der Waals surface area contributed by atoms with Gasteiger partial charge in [-0.25, -0.2) is 0 Å². The molecule has 0 aromatic heterocycles. The molecule has 7 heavy (non-hydrogen) atoms. The fourth-order valence-corrected chi connectivity index (χ4v) is 0.364. The summed E-state index contributed by atoms with van der Waals surface area (Å²) in [6, 6.07) is 0. The van der Waals surface area contributed by atoms with Crippen LogP contribution in [0.1, 0.15) is 6.92 Å². The molecule has 0 aliphatic heterocycles. The summed E-state index contributed by atoms with van der Waals surface area (Å²) in [4.78, 5) is 0. The third kappa shape index (κ3) is 6.24. The summed E-state index contributed by atoms with van der Waals surface area (Å²) in [7, 11) is 0. The smallest absolute Gasteiger partial charge is 0.156 e. The van der Waals surface area contributed by atoms with Gasteiger partial charge in [-0.2, -0.15) is 12.6 Å². The van der Waals surface area contributed by atoms with Gasteiger partial charge >= 0.3 is 0 Å². The molecule has 0 unspecified atom stereocenters. The van der Waals surface area contributed by atoms with Crippen molar-refractivity contribution in [1.82, 2.24) is 0 Å². The molecule has 0 saturated carbocycles. The van der Waals surface area contributed by atoms with Gasteiger partial charge in [0.25, 0.3) is 0 Å². The van der Waals surface area contributed by atoms with Gasteiger partial charge in [0, 0.05) is 12.7 Å². The summed E-state index contributed by atoms with van der Waals surface area (Å²) in [6.07, 6.45) is 0. The number of thiol groups is 1. The maximum Gasteiger partial charge on any atom is 0.156 e. The van der Waals surface area contributed by atoms with Crippen LogP contribution in [0, 0.1) is 0 Å². The first-order chi connectivity index (χ1) is 3.27. The van der Waals surface area contributed by atoms with Gasteiger partial charge in [-0.15, -0.1) is 0 Å². The molecule has 42 valence electrons. The molecule has 0 rings (SSSR count). The highest BCUT2D eigenvalue weighted by atomic mass is 32.1. The van der Waals surface area contributed by atoms with Crippen molar-refractivity contribution in [2.75, 3.05) is 12.4 Å². The van der Waals surface area contributed by atoms with Crippen molar-refractivity contribution < 1.29 is 4.74 Å². The summed E-state index contributed by atoms with van der Waals surface area (Å²) in [5, 5.41) is 0.592. The molecule has 0 amide bonds. The zero-order valence-electron chi connectivity index (χ0n) is 4.18. The number of thiocarbonyl (C=S) groups is 1. The summed E-state index contributed by atoms with van der Waals surface area (Å²) in [5.41, 5.74) is 0. The fourth-order valence-electron chi connectivity index (χ4n) is 0.189. The van der Waals surface area contributed by atoms with Crippen LogP contribution in [0.5, 0.6) is 0 Å². The minimum atomic E-state index is 0.592. The molecular formula is C4H8OS2. The highest BCUT2D eigenvalue weighted by molar-refractivity contribution is 7.80. The summed E-state index contributed by atoms with van der Waals surface area (Å²) < 4.78 is 4.85. The quantitative estimate of drug-likeness (QED) is 0.452. The van der Waals surface area contributed by atoms with E-state index in [4.69, 9.17) is 4.74 Å². The van der Waals surface area contributed by atoms with E-state index in [1.165, 1.54) is 0 Å². The predicted octanol–water partition coefficient (Wildman–Crippen LogP) is 1.28. The minimum Gasteiger partial charge on any atom is -0.487 e. The van der Waals surface area contributed by atoms with E-state index in [2.05, 4.69) is 24.8 Å². The molecule has 0 saturated heterocycles. The molecule has 0 atom stereocenters. The third-order valence-electron chi connectivity index (χ3n) is 0.397. The maximum absolute atomic E-state index is 4.85. The molecule has 0 aliphatic carbocycles. The van der Waals surface area contributed by atoms with Crippen molar-refractivity contribution in [2.24, 2.45) is 0 Å². The van der Waals surface area contributed by atoms with Crippen molar-refractivity contribution in [3.8, 4) is 0 Å². The molecule has 0 aliphatic rings. The van der Waals surface area contributed by atoms with Gasteiger partial charge in [-0.3, -0.25) is 0 Å². The van der Waals surface area contributed by atoms with E-state index in [-0.39, 0.29) is 0 Å². The van der Waals surface area contributed by atoms with Crippen LogP contribution in [0.15, 0.2) is 0 Å². The molecule has 0 aromatic rings. The maximum atomic E-state index is 4.85. The SMILES string of the molecule is CC(=S)OCCS. The largest absolute Gasteiger partial charge is 0.487 e. The Kier molecular flexibility index (Phi) is 4.55. The molecule has 0 fully saturated rings. The van der Waals surface area contributed by atoms with Crippen LogP contribution in [0.3, 0.4) is 0 Å². The monoisotopic (exact) mass is 136 g/mol. The van der Waals surface area contributed by atoms with Gasteiger partial charge < -0.3 is 4.74 Å². The Balaban J connectivity index is 2.82. The first-order valence-corrected chi connectivity index (χ1v) is 3.05. The number of hydrogen-bond donors (Lipinski definition) is 1. The van der Waals surface area contributed by atoms with Gasteiger partial charge in [0.15, 0.2) is 5.05 Å². The van der Waals surface area contributed by atoms with Crippen LogP contribution in [-0.4, -0.2) is 17.4 Å². The highest BCUT2D eigenvalue weighted by Gasteiger charge is 1.81. The predicted molar refractivity (Wildman–Crippen MR) is 38.1 cm³/mol. The molecule has 0 radical (unpaired) electrons. The van der Waals surface area contributed by atoms with Crippen molar-refractivity contribution in [3.63, 3.8) is 0 Å². The molecule has 3 heteroatoms. The lowest BCUT2D eigenvalue weighted by Crippen LogP contribution is -1.98. The standard InChI is InChI=1S/C4H8OS2/c1-4(7)5-2-3-6/h6H,2-3H2,1H3. The van der Waals surface area contributed by atoms with Crippen LogP contribution in [0.25, 0.3) is 0 Å². The summed E-state index contributed by atoms with van der Waals surface area (Å²) >= 11 is 8.52. The van der Waals surface area contributed by atoms with Gasteiger partial charge in [-0.05, 0) is 12.2 Å². The second kappa shape index (κ2) is 4.40. The van der Waals surface area contributed by atoms with E-state index in [1.807, 2.05) is 0 Å². The first kappa shape index (κ1) is 7.24. The van der Waals surface area contributed by atoms with Crippen LogP contribution in [0.2, 0.25) is 0 Å². The Morgan fingerprint density at radius 3 is 2.57 bits per heavy atom. The molecule has 0 aromatic carbocycles. The fraction of sp³-hybridized carbons (Fsp3) is 0.750. The van der Waals surface area contributed by atoms with E-state index in [9.17, 15) is 0 Å². The zero-order valence-corrected chi connectivity index (χ0v) is 5.89. The van der Waals surface area contributed by atoms with Crippen molar-refractivity contribution in [1.29, 1.82) is 0 Å². The minimum absolute atomic E-state index is 0.592. The molecule has 0 spiro atoms. The van der Waals surface area contributed by atoms with Gasteiger partial charge in [0.05, 0.1) is 6.61 Å². The van der Waals surface area contributed by atoms with E-state index in [0.717, 1.165) is 5.75 Å². The Morgan fingerprint density at radius 1 is 1.86 bits per heavy atom. The lowest BCUT2D eigenvalue weighted by Gasteiger charge is -1.96. The van der Waals surface area contributed by atoms with E-state index in [1.54, 1.807) is 6.92 Å². The third-order valence-corrected chi connectivity index (χ3v) is 0.697. The van der Waals surface area contributed by atoms with Crippen molar-refractivity contribution in [3.05, 3.63) is 0 Å². The average Bonchev–Trinajstić information content (AvgIpc) is 1.61. The van der Waals surface area contributed by atoms with Crippen LogP contribution < -0.4 is 0 Å². The molecule has 0 heterocycles. The van der Waals surface area contributed by atoms with E-state index in [0.29, 0.717) is 11.7 Å². The number of ether oxygens (including phenoxy) is 1. The zero-order chi connectivity index (χ0) is 5.70. The Labute approximate surface area is 54.5 Å². The molecular weight excluding hydrogens is 128 g/mol. The molecule has 0 N–H and O–H groups in total. The summed E-state index contributed by atoms with van der Waals surface area (Å²) in [5.74, 6) is 0.730. The van der Waals surface area contributed by atoms with Gasteiger partial charge in [-0.1, -0.05) is 0 Å². The van der Waals surface area contributed by atoms with Crippen molar-refractivity contribution in [2.45, 2.75) is 6.92 Å². The Bertz CT molecular complexity index is 62.7. The number of rotatable bonds is 2. The topological polar surface area (TPSA) is 9.23 Å². The lowest BCUT2D eigenvalue weighted by atomic mass is 10.8. The first-order valence-electron chi connectivity index (χ1n) is 2.01.